The molecule has 0 aliphatic carbocycles. The zero-order valence-electron chi connectivity index (χ0n) is 14.6. The van der Waals surface area contributed by atoms with Gasteiger partial charge in [0, 0.05) is 11.6 Å². The number of rotatable bonds is 8. The zero-order chi connectivity index (χ0) is 18.1. The van der Waals surface area contributed by atoms with Gasteiger partial charge >= 0.3 is 6.09 Å². The minimum atomic E-state index is -0.379. The van der Waals surface area contributed by atoms with Crippen molar-refractivity contribution in [2.24, 2.45) is 0 Å². The topological polar surface area (TPSA) is 47.6 Å². The van der Waals surface area contributed by atoms with Gasteiger partial charge in [-0.2, -0.15) is 0 Å². The number of ether oxygens (including phenoxy) is 2. The predicted molar refractivity (Wildman–Crippen MR) is 101 cm³/mol. The van der Waals surface area contributed by atoms with Crippen molar-refractivity contribution in [3.8, 4) is 5.75 Å². The van der Waals surface area contributed by atoms with Gasteiger partial charge < -0.3 is 14.8 Å². The first-order valence-corrected chi connectivity index (χ1v) is 8.75. The minimum Gasteiger partial charge on any atom is -0.497 e. The number of aryl methyl sites for hydroxylation is 1. The molecule has 134 valence electrons. The molecule has 1 unspecified atom stereocenters. The Morgan fingerprint density at radius 1 is 1.12 bits per heavy atom. The van der Waals surface area contributed by atoms with E-state index in [1.807, 2.05) is 55.5 Å². The Balaban J connectivity index is 1.62. The van der Waals surface area contributed by atoms with Crippen LogP contribution < -0.4 is 10.1 Å². The van der Waals surface area contributed by atoms with Crippen molar-refractivity contribution in [3.05, 3.63) is 64.7 Å². The Bertz CT molecular complexity index is 656. The van der Waals surface area contributed by atoms with Crippen molar-refractivity contribution in [1.29, 1.82) is 0 Å². The van der Waals surface area contributed by atoms with E-state index in [0.29, 0.717) is 18.2 Å². The van der Waals surface area contributed by atoms with Gasteiger partial charge in [-0.15, -0.1) is 0 Å². The normalized spacial score (nSPS) is 11.6. The van der Waals surface area contributed by atoms with Gasteiger partial charge in [0.1, 0.15) is 5.75 Å². The Hall–Kier alpha value is -2.20. The van der Waals surface area contributed by atoms with Crippen molar-refractivity contribution in [2.75, 3.05) is 20.3 Å². The lowest BCUT2D eigenvalue weighted by Gasteiger charge is -2.13. The summed E-state index contributed by atoms with van der Waals surface area (Å²) in [5, 5.41) is 3.51. The first kappa shape index (κ1) is 19.1. The molecule has 1 N–H and O–H groups in total. The molecule has 25 heavy (non-hydrogen) atoms. The van der Waals surface area contributed by atoms with Gasteiger partial charge in [-0.1, -0.05) is 42.8 Å². The molecule has 0 bridgehead atoms. The Morgan fingerprint density at radius 3 is 2.44 bits per heavy atom. The number of nitrogens with one attached hydrogen (secondary N) is 1. The molecule has 0 saturated heterocycles. The van der Waals surface area contributed by atoms with E-state index in [2.05, 4.69) is 5.32 Å². The molecule has 0 aromatic heterocycles. The second-order valence-corrected chi connectivity index (χ2v) is 6.36. The quantitative estimate of drug-likeness (QED) is 0.686. The van der Waals surface area contributed by atoms with Gasteiger partial charge in [0.05, 0.1) is 13.7 Å². The van der Waals surface area contributed by atoms with Crippen molar-refractivity contribution >= 4 is 17.7 Å². The number of carbonyl (C=O) groups is 1. The molecule has 5 heteroatoms. The van der Waals surface area contributed by atoms with Crippen LogP contribution in [-0.4, -0.2) is 26.4 Å². The molecular formula is C20H24ClNO3. The van der Waals surface area contributed by atoms with Crippen LogP contribution in [0.4, 0.5) is 4.79 Å². The molecule has 1 amide bonds. The van der Waals surface area contributed by atoms with Crippen LogP contribution in [0.15, 0.2) is 48.5 Å². The van der Waals surface area contributed by atoms with Crippen LogP contribution in [0.2, 0.25) is 5.02 Å². The summed E-state index contributed by atoms with van der Waals surface area (Å²) in [6.45, 7) is 2.97. The minimum absolute atomic E-state index is 0.198. The predicted octanol–water partition coefficient (Wildman–Crippen LogP) is 4.81. The second-order valence-electron chi connectivity index (χ2n) is 5.92. The Kier molecular flexibility index (Phi) is 7.61. The van der Waals surface area contributed by atoms with Gasteiger partial charge in [-0.05, 0) is 54.2 Å². The van der Waals surface area contributed by atoms with Gasteiger partial charge in [-0.3, -0.25) is 0 Å². The van der Waals surface area contributed by atoms with E-state index in [4.69, 9.17) is 21.1 Å². The van der Waals surface area contributed by atoms with Crippen LogP contribution in [0.3, 0.4) is 0 Å². The molecule has 0 spiro atoms. The lowest BCUT2D eigenvalue weighted by molar-refractivity contribution is 0.144. The number of alkyl carbamates (subject to hydrolysis) is 1. The summed E-state index contributed by atoms with van der Waals surface area (Å²) < 4.78 is 10.3. The summed E-state index contributed by atoms with van der Waals surface area (Å²) in [6.07, 6.45) is 1.26. The number of hydrogen-bond donors (Lipinski definition) is 1. The van der Waals surface area contributed by atoms with Crippen LogP contribution in [0.25, 0.3) is 0 Å². The maximum atomic E-state index is 11.8. The van der Waals surface area contributed by atoms with E-state index >= 15 is 0 Å². The summed E-state index contributed by atoms with van der Waals surface area (Å²) in [5.41, 5.74) is 2.32. The molecule has 2 aromatic rings. The maximum absolute atomic E-state index is 11.8. The monoisotopic (exact) mass is 361 g/mol. The number of amides is 1. The second kappa shape index (κ2) is 9.94. The molecule has 0 aliphatic rings. The third kappa shape index (κ3) is 6.67. The van der Waals surface area contributed by atoms with Crippen LogP contribution in [-0.2, 0) is 11.2 Å². The highest BCUT2D eigenvalue weighted by Crippen LogP contribution is 2.17. The standard InChI is InChI=1S/C20H24ClNO3/c1-15(17-7-9-18(21)10-8-17)14-22-20(23)25-13-3-4-16-5-11-19(24-2)12-6-16/h5-12,15H,3-4,13-14H2,1-2H3,(H,22,23). The van der Waals surface area contributed by atoms with Crippen LogP contribution in [0, 0.1) is 0 Å². The van der Waals surface area contributed by atoms with Crippen LogP contribution in [0.5, 0.6) is 5.75 Å². The first-order chi connectivity index (χ1) is 12.1. The van der Waals surface area contributed by atoms with Crippen molar-refractivity contribution in [2.45, 2.75) is 25.7 Å². The molecule has 0 fully saturated rings. The van der Waals surface area contributed by atoms with Crippen molar-refractivity contribution < 1.29 is 14.3 Å². The van der Waals surface area contributed by atoms with E-state index in [1.54, 1.807) is 7.11 Å². The Labute approximate surface area is 154 Å². The third-order valence-electron chi connectivity index (χ3n) is 3.99. The molecule has 0 saturated carbocycles. The molecule has 0 aliphatic heterocycles. The number of hydrogen-bond acceptors (Lipinski definition) is 3. The molecule has 1 atom stereocenters. The lowest BCUT2D eigenvalue weighted by atomic mass is 10.0. The fraction of sp³-hybridized carbons (Fsp3) is 0.350. The van der Waals surface area contributed by atoms with E-state index < -0.39 is 0 Å². The van der Waals surface area contributed by atoms with E-state index in [1.165, 1.54) is 5.56 Å². The van der Waals surface area contributed by atoms with Gasteiger partial charge in [0.15, 0.2) is 0 Å². The van der Waals surface area contributed by atoms with Crippen LogP contribution >= 0.6 is 11.6 Å². The van der Waals surface area contributed by atoms with Gasteiger partial charge in [-0.25, -0.2) is 4.79 Å². The highest BCUT2D eigenvalue weighted by atomic mass is 35.5. The maximum Gasteiger partial charge on any atom is 0.407 e. The molecule has 4 nitrogen and oxygen atoms in total. The van der Waals surface area contributed by atoms with E-state index in [-0.39, 0.29) is 12.0 Å². The fourth-order valence-corrected chi connectivity index (χ4v) is 2.56. The third-order valence-corrected chi connectivity index (χ3v) is 4.25. The molecule has 0 radical (unpaired) electrons. The van der Waals surface area contributed by atoms with Gasteiger partial charge in [0.25, 0.3) is 0 Å². The molecule has 2 aromatic carbocycles. The van der Waals surface area contributed by atoms with Gasteiger partial charge in [0.2, 0.25) is 0 Å². The highest BCUT2D eigenvalue weighted by Gasteiger charge is 2.08. The largest absolute Gasteiger partial charge is 0.497 e. The average molecular weight is 362 g/mol. The first-order valence-electron chi connectivity index (χ1n) is 8.37. The van der Waals surface area contributed by atoms with Crippen LogP contribution in [0.1, 0.15) is 30.4 Å². The highest BCUT2D eigenvalue weighted by molar-refractivity contribution is 6.30. The summed E-state index contributed by atoms with van der Waals surface area (Å²) in [6, 6.07) is 15.5. The number of benzene rings is 2. The molecule has 2 rings (SSSR count). The molecule has 0 heterocycles. The summed E-state index contributed by atoms with van der Waals surface area (Å²) >= 11 is 5.88. The number of carbonyl (C=O) groups excluding carboxylic acids is 1. The zero-order valence-corrected chi connectivity index (χ0v) is 15.4. The fourth-order valence-electron chi connectivity index (χ4n) is 2.43. The summed E-state index contributed by atoms with van der Waals surface area (Å²) in [5.74, 6) is 1.04. The smallest absolute Gasteiger partial charge is 0.407 e. The molecular weight excluding hydrogens is 338 g/mol. The summed E-state index contributed by atoms with van der Waals surface area (Å²) in [4.78, 5) is 11.8. The van der Waals surface area contributed by atoms with Crippen molar-refractivity contribution in [3.63, 3.8) is 0 Å². The SMILES string of the molecule is COc1ccc(CCCOC(=O)NCC(C)c2ccc(Cl)cc2)cc1. The lowest BCUT2D eigenvalue weighted by Crippen LogP contribution is -2.28. The summed E-state index contributed by atoms with van der Waals surface area (Å²) in [7, 11) is 1.65. The van der Waals surface area contributed by atoms with E-state index in [9.17, 15) is 4.79 Å². The average Bonchev–Trinajstić information content (AvgIpc) is 2.64. The Morgan fingerprint density at radius 2 is 1.80 bits per heavy atom. The number of halogens is 1. The van der Waals surface area contributed by atoms with E-state index in [0.717, 1.165) is 24.2 Å². The van der Waals surface area contributed by atoms with Crippen molar-refractivity contribution in [1.82, 2.24) is 5.32 Å². The number of methoxy groups -OCH3 is 1.